The number of allylic oxidation sites excluding steroid dienone is 3. The molecule has 13 heavy (non-hydrogen) atoms. The lowest BCUT2D eigenvalue weighted by molar-refractivity contribution is 0.617. The van der Waals surface area contributed by atoms with Crippen LogP contribution in [0.3, 0.4) is 0 Å². The summed E-state index contributed by atoms with van der Waals surface area (Å²) in [5.74, 6) is 0. The molecular weight excluding hydrogens is 162 g/mol. The van der Waals surface area contributed by atoms with Gasteiger partial charge in [0, 0.05) is 13.2 Å². The van der Waals surface area contributed by atoms with E-state index in [1.807, 2.05) is 19.4 Å². The van der Waals surface area contributed by atoms with Crippen LogP contribution in [0.1, 0.15) is 13.8 Å². The lowest BCUT2D eigenvalue weighted by Crippen LogP contribution is -2.27. The van der Waals surface area contributed by atoms with Gasteiger partial charge in [0.1, 0.15) is 0 Å². The van der Waals surface area contributed by atoms with E-state index in [0.717, 1.165) is 5.70 Å². The van der Waals surface area contributed by atoms with Gasteiger partial charge in [0.05, 0.1) is 11.9 Å². The van der Waals surface area contributed by atoms with E-state index in [1.54, 1.807) is 0 Å². The van der Waals surface area contributed by atoms with Crippen molar-refractivity contribution in [2.24, 2.45) is 0 Å². The van der Waals surface area contributed by atoms with Crippen LogP contribution in [0.4, 0.5) is 0 Å². The topological polar surface area (TPSA) is 36.1 Å². The molecule has 3 nitrogen and oxygen atoms in total. The summed E-state index contributed by atoms with van der Waals surface area (Å²) in [5, 5.41) is 9.42. The van der Waals surface area contributed by atoms with Crippen LogP contribution in [0, 0.1) is 0 Å². The summed E-state index contributed by atoms with van der Waals surface area (Å²) in [6, 6.07) is 0. The van der Waals surface area contributed by atoms with Crippen LogP contribution in [0.25, 0.3) is 0 Å². The largest absolute Gasteiger partial charge is 0.394 e. The zero-order valence-electron chi connectivity index (χ0n) is 8.39. The van der Waals surface area contributed by atoms with Crippen LogP contribution in [0.5, 0.6) is 0 Å². The van der Waals surface area contributed by atoms with E-state index >= 15 is 0 Å². The Morgan fingerprint density at radius 3 is 2.92 bits per heavy atom. The third-order valence-corrected chi connectivity index (χ3v) is 1.77. The van der Waals surface area contributed by atoms with Crippen LogP contribution >= 0.6 is 0 Å². The van der Waals surface area contributed by atoms with E-state index in [0.29, 0.717) is 6.17 Å². The van der Waals surface area contributed by atoms with Crippen LogP contribution in [-0.2, 0) is 0 Å². The van der Waals surface area contributed by atoms with Gasteiger partial charge in [0.2, 0.25) is 0 Å². The van der Waals surface area contributed by atoms with Gasteiger partial charge in [-0.05, 0) is 31.7 Å². The molecule has 0 saturated heterocycles. The van der Waals surface area contributed by atoms with Gasteiger partial charge >= 0.3 is 0 Å². The molecule has 1 aliphatic heterocycles. The average molecular weight is 179 g/mol. The highest BCUT2D eigenvalue weighted by molar-refractivity contribution is 5.27. The zero-order valence-corrected chi connectivity index (χ0v) is 8.39. The van der Waals surface area contributed by atoms with Gasteiger partial charge in [-0.25, -0.2) is 0 Å². The summed E-state index contributed by atoms with van der Waals surface area (Å²) in [6.07, 6.45) is 8.40. The highest BCUT2D eigenvalue weighted by Crippen LogP contribution is 2.02. The van der Waals surface area contributed by atoms with Crippen molar-refractivity contribution in [3.05, 3.63) is 35.8 Å². The Labute approximate surface area is 79.6 Å². The lowest BCUT2D eigenvalue weighted by atomic mass is 10.3. The standard InChI is InChI=1S/C10H17N3/c1-8(6-11-3)4-5-10-7-12-9(2)13-10/h4-7,9,11-13H,1-3H3/b5-4-,8-6+. The normalized spacial score (nSPS) is 22.5. The molecular formula is C10H17N3. The monoisotopic (exact) mass is 179 g/mol. The van der Waals surface area contributed by atoms with Gasteiger partial charge in [-0.15, -0.1) is 0 Å². The van der Waals surface area contributed by atoms with E-state index in [4.69, 9.17) is 0 Å². The van der Waals surface area contributed by atoms with Crippen molar-refractivity contribution >= 4 is 0 Å². The molecule has 0 bridgehead atoms. The quantitative estimate of drug-likeness (QED) is 0.567. The second kappa shape index (κ2) is 4.60. The van der Waals surface area contributed by atoms with Gasteiger partial charge in [0.15, 0.2) is 0 Å². The Morgan fingerprint density at radius 1 is 1.62 bits per heavy atom. The molecule has 0 radical (unpaired) electrons. The van der Waals surface area contributed by atoms with E-state index in [1.165, 1.54) is 5.57 Å². The van der Waals surface area contributed by atoms with Gasteiger partial charge in [-0.3, -0.25) is 0 Å². The molecule has 0 fully saturated rings. The maximum atomic E-state index is 3.27. The number of rotatable bonds is 3. The molecule has 72 valence electrons. The Kier molecular flexibility index (Phi) is 3.43. The Balaban J connectivity index is 2.45. The van der Waals surface area contributed by atoms with Crippen molar-refractivity contribution in [3.8, 4) is 0 Å². The molecule has 0 aromatic rings. The summed E-state index contributed by atoms with van der Waals surface area (Å²) in [4.78, 5) is 0. The molecule has 1 rings (SSSR count). The maximum absolute atomic E-state index is 3.27. The second-order valence-electron chi connectivity index (χ2n) is 3.14. The van der Waals surface area contributed by atoms with E-state index in [2.05, 4.69) is 41.9 Å². The molecule has 0 spiro atoms. The van der Waals surface area contributed by atoms with Gasteiger partial charge in [0.25, 0.3) is 0 Å². The van der Waals surface area contributed by atoms with E-state index in [-0.39, 0.29) is 0 Å². The third-order valence-electron chi connectivity index (χ3n) is 1.77. The Bertz CT molecular complexity index is 251. The van der Waals surface area contributed by atoms with Crippen molar-refractivity contribution in [2.45, 2.75) is 20.0 Å². The fraction of sp³-hybridized carbons (Fsp3) is 0.400. The highest BCUT2D eigenvalue weighted by atomic mass is 15.2. The maximum Gasteiger partial charge on any atom is 0.0931 e. The van der Waals surface area contributed by atoms with Crippen LogP contribution in [0.15, 0.2) is 35.8 Å². The summed E-state index contributed by atoms with van der Waals surface area (Å²) in [5.41, 5.74) is 2.32. The molecule has 1 aliphatic rings. The predicted molar refractivity (Wildman–Crippen MR) is 55.8 cm³/mol. The lowest BCUT2D eigenvalue weighted by Gasteiger charge is -2.04. The molecule has 1 atom stereocenters. The van der Waals surface area contributed by atoms with Crippen molar-refractivity contribution in [1.29, 1.82) is 0 Å². The summed E-state index contributed by atoms with van der Waals surface area (Å²) in [6.45, 7) is 4.13. The summed E-state index contributed by atoms with van der Waals surface area (Å²) in [7, 11) is 1.90. The van der Waals surface area contributed by atoms with E-state index < -0.39 is 0 Å². The first-order valence-corrected chi connectivity index (χ1v) is 4.47. The van der Waals surface area contributed by atoms with Crippen molar-refractivity contribution in [2.75, 3.05) is 7.05 Å². The number of nitrogens with one attached hydrogen (secondary N) is 3. The molecule has 0 aromatic heterocycles. The van der Waals surface area contributed by atoms with Gasteiger partial charge in [-0.2, -0.15) is 0 Å². The molecule has 1 unspecified atom stereocenters. The van der Waals surface area contributed by atoms with E-state index in [9.17, 15) is 0 Å². The van der Waals surface area contributed by atoms with Crippen molar-refractivity contribution in [1.82, 2.24) is 16.0 Å². The highest BCUT2D eigenvalue weighted by Gasteiger charge is 2.05. The Morgan fingerprint density at radius 2 is 2.38 bits per heavy atom. The zero-order chi connectivity index (χ0) is 9.68. The third kappa shape index (κ3) is 3.23. The molecule has 3 N–H and O–H groups in total. The first-order chi connectivity index (χ1) is 6.22. The minimum Gasteiger partial charge on any atom is -0.394 e. The Hall–Kier alpha value is -1.38. The molecule has 0 aromatic carbocycles. The molecule has 0 amide bonds. The smallest absolute Gasteiger partial charge is 0.0931 e. The molecule has 0 saturated carbocycles. The fourth-order valence-corrected chi connectivity index (χ4v) is 1.14. The fourth-order valence-electron chi connectivity index (χ4n) is 1.14. The summed E-state index contributed by atoms with van der Waals surface area (Å²) < 4.78 is 0. The minimum absolute atomic E-state index is 0.341. The average Bonchev–Trinajstić information content (AvgIpc) is 2.49. The first kappa shape index (κ1) is 9.71. The van der Waals surface area contributed by atoms with Crippen LogP contribution in [-0.4, -0.2) is 13.2 Å². The SMILES string of the molecule is CN/C=C(C)/C=C\C1=CNC(C)N1. The number of hydrogen-bond donors (Lipinski definition) is 3. The molecule has 3 heteroatoms. The molecule has 1 heterocycles. The van der Waals surface area contributed by atoms with Gasteiger partial charge < -0.3 is 16.0 Å². The number of hydrogen-bond acceptors (Lipinski definition) is 3. The van der Waals surface area contributed by atoms with Crippen LogP contribution in [0.2, 0.25) is 0 Å². The predicted octanol–water partition coefficient (Wildman–Crippen LogP) is 1.05. The summed E-state index contributed by atoms with van der Waals surface area (Å²) >= 11 is 0. The first-order valence-electron chi connectivity index (χ1n) is 4.47. The van der Waals surface area contributed by atoms with Crippen molar-refractivity contribution < 1.29 is 0 Å². The minimum atomic E-state index is 0.341. The van der Waals surface area contributed by atoms with Crippen LogP contribution < -0.4 is 16.0 Å². The molecule has 0 aliphatic carbocycles. The van der Waals surface area contributed by atoms with Gasteiger partial charge in [-0.1, -0.05) is 6.08 Å². The second-order valence-corrected chi connectivity index (χ2v) is 3.14. The van der Waals surface area contributed by atoms with Crippen molar-refractivity contribution in [3.63, 3.8) is 0 Å².